The van der Waals surface area contributed by atoms with Crippen LogP contribution in [0.4, 0.5) is 0 Å². The molecule has 0 aliphatic carbocycles. The number of amides is 1. The van der Waals surface area contributed by atoms with E-state index < -0.39 is 6.10 Å². The Hall–Kier alpha value is -1.52. The summed E-state index contributed by atoms with van der Waals surface area (Å²) in [4.78, 5) is 13.2. The Kier molecular flexibility index (Phi) is 5.44. The number of ether oxygens (including phenoxy) is 1. The van der Waals surface area contributed by atoms with Crippen molar-refractivity contribution in [2.24, 2.45) is 0 Å². The monoisotopic (exact) mass is 309 g/mol. The molecule has 0 radical (unpaired) electrons. The van der Waals surface area contributed by atoms with Gasteiger partial charge in [0.25, 0.3) is 5.91 Å². The summed E-state index contributed by atoms with van der Waals surface area (Å²) in [5.41, 5.74) is 0. The van der Waals surface area contributed by atoms with Gasteiger partial charge in [-0.15, -0.1) is 11.3 Å². The molecule has 3 nitrogen and oxygen atoms in total. The van der Waals surface area contributed by atoms with Crippen molar-refractivity contribution in [3.63, 3.8) is 0 Å². The molecule has 1 heterocycles. The first-order chi connectivity index (χ1) is 9.65. The minimum atomic E-state index is -0.545. The maximum absolute atomic E-state index is 11.9. The molecular formula is C15H16ClNO2S. The number of hydrogen-bond donors (Lipinski definition) is 1. The van der Waals surface area contributed by atoms with E-state index in [1.807, 2.05) is 11.4 Å². The molecule has 20 heavy (non-hydrogen) atoms. The number of carbonyl (C=O) groups excluding carboxylic acids is 1. The van der Waals surface area contributed by atoms with E-state index in [0.717, 1.165) is 6.42 Å². The predicted octanol–water partition coefficient (Wildman–Crippen LogP) is 3.53. The lowest BCUT2D eigenvalue weighted by atomic mass is 10.3. The van der Waals surface area contributed by atoms with Gasteiger partial charge in [-0.1, -0.05) is 23.7 Å². The Morgan fingerprint density at radius 1 is 1.40 bits per heavy atom. The Balaban J connectivity index is 1.77. The standard InChI is InChI=1S/C15H16ClNO2S/c1-11(19-13-5-2-4-12(16)10-13)15(18)17-8-7-14-6-3-9-20-14/h2-6,9-11H,7-8H2,1H3,(H,17,18)/t11-/m0/s1. The van der Waals surface area contributed by atoms with Crippen LogP contribution in [0, 0.1) is 0 Å². The van der Waals surface area contributed by atoms with Crippen LogP contribution >= 0.6 is 22.9 Å². The van der Waals surface area contributed by atoms with Gasteiger partial charge in [0.1, 0.15) is 5.75 Å². The molecule has 1 atom stereocenters. The van der Waals surface area contributed by atoms with Gasteiger partial charge in [-0.2, -0.15) is 0 Å². The van der Waals surface area contributed by atoms with Crippen LogP contribution in [-0.4, -0.2) is 18.6 Å². The van der Waals surface area contributed by atoms with Gasteiger partial charge in [0, 0.05) is 16.4 Å². The van der Waals surface area contributed by atoms with Crippen molar-refractivity contribution >= 4 is 28.8 Å². The van der Waals surface area contributed by atoms with Crippen molar-refractivity contribution in [1.82, 2.24) is 5.32 Å². The number of thiophene rings is 1. The molecule has 2 rings (SSSR count). The highest BCUT2D eigenvalue weighted by atomic mass is 35.5. The maximum atomic E-state index is 11.9. The van der Waals surface area contributed by atoms with E-state index in [1.165, 1.54) is 4.88 Å². The minimum Gasteiger partial charge on any atom is -0.481 e. The third-order valence-electron chi connectivity index (χ3n) is 2.73. The molecule has 0 bridgehead atoms. The summed E-state index contributed by atoms with van der Waals surface area (Å²) < 4.78 is 5.55. The number of carbonyl (C=O) groups is 1. The summed E-state index contributed by atoms with van der Waals surface area (Å²) in [6, 6.07) is 11.1. The van der Waals surface area contributed by atoms with Gasteiger partial charge in [0.2, 0.25) is 0 Å². The molecule has 1 aromatic carbocycles. The zero-order valence-electron chi connectivity index (χ0n) is 11.1. The Labute approximate surface area is 127 Å². The zero-order chi connectivity index (χ0) is 14.4. The second-order valence-electron chi connectivity index (χ2n) is 4.34. The van der Waals surface area contributed by atoms with Crippen molar-refractivity contribution in [2.45, 2.75) is 19.4 Å². The van der Waals surface area contributed by atoms with Crippen LogP contribution in [0.15, 0.2) is 41.8 Å². The van der Waals surface area contributed by atoms with E-state index in [2.05, 4.69) is 11.4 Å². The number of rotatable bonds is 6. The smallest absolute Gasteiger partial charge is 0.260 e. The van der Waals surface area contributed by atoms with Gasteiger partial charge in [0.15, 0.2) is 6.10 Å². The van der Waals surface area contributed by atoms with Gasteiger partial charge in [-0.3, -0.25) is 4.79 Å². The van der Waals surface area contributed by atoms with Crippen LogP contribution in [0.25, 0.3) is 0 Å². The highest BCUT2D eigenvalue weighted by molar-refractivity contribution is 7.09. The van der Waals surface area contributed by atoms with E-state index in [1.54, 1.807) is 42.5 Å². The lowest BCUT2D eigenvalue weighted by molar-refractivity contribution is -0.127. The summed E-state index contributed by atoms with van der Waals surface area (Å²) in [5, 5.41) is 5.49. The van der Waals surface area contributed by atoms with Crippen molar-refractivity contribution in [2.75, 3.05) is 6.54 Å². The molecule has 0 unspecified atom stereocenters. The molecule has 0 saturated heterocycles. The largest absolute Gasteiger partial charge is 0.481 e. The molecule has 0 spiro atoms. The summed E-state index contributed by atoms with van der Waals surface area (Å²) in [5.74, 6) is 0.472. The molecule has 5 heteroatoms. The van der Waals surface area contributed by atoms with Crippen LogP contribution in [0.2, 0.25) is 5.02 Å². The quantitative estimate of drug-likeness (QED) is 0.886. The van der Waals surface area contributed by atoms with E-state index in [-0.39, 0.29) is 5.91 Å². The Morgan fingerprint density at radius 2 is 2.25 bits per heavy atom. The normalized spacial score (nSPS) is 11.9. The first kappa shape index (κ1) is 14.9. The lowest BCUT2D eigenvalue weighted by Crippen LogP contribution is -2.37. The van der Waals surface area contributed by atoms with Gasteiger partial charge in [-0.25, -0.2) is 0 Å². The van der Waals surface area contributed by atoms with Crippen molar-refractivity contribution in [3.05, 3.63) is 51.7 Å². The molecular weight excluding hydrogens is 294 g/mol. The lowest BCUT2D eigenvalue weighted by Gasteiger charge is -2.14. The van der Waals surface area contributed by atoms with Crippen LogP contribution in [0.3, 0.4) is 0 Å². The summed E-state index contributed by atoms with van der Waals surface area (Å²) in [6.07, 6.45) is 0.296. The summed E-state index contributed by atoms with van der Waals surface area (Å²) in [6.45, 7) is 2.34. The highest BCUT2D eigenvalue weighted by Crippen LogP contribution is 2.18. The van der Waals surface area contributed by atoms with Crippen molar-refractivity contribution in [1.29, 1.82) is 0 Å². The fourth-order valence-corrected chi connectivity index (χ4v) is 2.59. The molecule has 106 valence electrons. The molecule has 1 amide bonds. The van der Waals surface area contributed by atoms with Crippen molar-refractivity contribution in [3.8, 4) is 5.75 Å². The summed E-state index contributed by atoms with van der Waals surface area (Å²) in [7, 11) is 0. The van der Waals surface area contributed by atoms with Crippen molar-refractivity contribution < 1.29 is 9.53 Å². The average Bonchev–Trinajstić information content (AvgIpc) is 2.91. The van der Waals surface area contributed by atoms with E-state index in [4.69, 9.17) is 16.3 Å². The first-order valence-electron chi connectivity index (χ1n) is 6.37. The average molecular weight is 310 g/mol. The zero-order valence-corrected chi connectivity index (χ0v) is 12.7. The first-order valence-corrected chi connectivity index (χ1v) is 7.63. The molecule has 1 aromatic heterocycles. The van der Waals surface area contributed by atoms with Crippen LogP contribution < -0.4 is 10.1 Å². The molecule has 0 aliphatic rings. The fraction of sp³-hybridized carbons (Fsp3) is 0.267. The van der Waals surface area contributed by atoms with Crippen LogP contribution in [-0.2, 0) is 11.2 Å². The fourth-order valence-electron chi connectivity index (χ4n) is 1.71. The topological polar surface area (TPSA) is 38.3 Å². The Morgan fingerprint density at radius 3 is 2.95 bits per heavy atom. The van der Waals surface area contributed by atoms with Gasteiger partial charge in [-0.05, 0) is 43.0 Å². The van der Waals surface area contributed by atoms with E-state index in [0.29, 0.717) is 17.3 Å². The van der Waals surface area contributed by atoms with E-state index >= 15 is 0 Å². The molecule has 2 aromatic rings. The highest BCUT2D eigenvalue weighted by Gasteiger charge is 2.14. The van der Waals surface area contributed by atoms with Crippen LogP contribution in [0.1, 0.15) is 11.8 Å². The second kappa shape index (κ2) is 7.31. The number of benzene rings is 1. The number of hydrogen-bond acceptors (Lipinski definition) is 3. The molecule has 0 aliphatic heterocycles. The third-order valence-corrected chi connectivity index (χ3v) is 3.90. The number of halogens is 1. The SMILES string of the molecule is C[C@H](Oc1cccc(Cl)c1)C(=O)NCCc1cccs1. The van der Waals surface area contributed by atoms with E-state index in [9.17, 15) is 4.79 Å². The molecule has 1 N–H and O–H groups in total. The number of nitrogens with one attached hydrogen (secondary N) is 1. The third kappa shape index (κ3) is 4.54. The second-order valence-corrected chi connectivity index (χ2v) is 5.81. The van der Waals surface area contributed by atoms with Gasteiger partial charge < -0.3 is 10.1 Å². The molecule has 0 saturated carbocycles. The van der Waals surface area contributed by atoms with Gasteiger partial charge in [0.05, 0.1) is 0 Å². The summed E-state index contributed by atoms with van der Waals surface area (Å²) >= 11 is 7.56. The minimum absolute atomic E-state index is 0.124. The van der Waals surface area contributed by atoms with Gasteiger partial charge >= 0.3 is 0 Å². The Bertz CT molecular complexity index is 557. The molecule has 0 fully saturated rings. The maximum Gasteiger partial charge on any atom is 0.260 e. The predicted molar refractivity (Wildman–Crippen MR) is 82.6 cm³/mol. The van der Waals surface area contributed by atoms with Crippen LogP contribution in [0.5, 0.6) is 5.75 Å².